The van der Waals surface area contributed by atoms with Gasteiger partial charge in [0.1, 0.15) is 0 Å². The average molecular weight is 794 g/mol. The first kappa shape index (κ1) is 34.6. The van der Waals surface area contributed by atoms with Gasteiger partial charge in [-0.15, -0.1) is 11.3 Å². The van der Waals surface area contributed by atoms with E-state index in [-0.39, 0.29) is 0 Å². The van der Waals surface area contributed by atoms with Crippen LogP contribution in [0.1, 0.15) is 35.1 Å². The molecule has 0 saturated carbocycles. The van der Waals surface area contributed by atoms with E-state index in [1.807, 2.05) is 11.3 Å². The highest BCUT2D eigenvalue weighted by Gasteiger charge is 2.52. The third-order valence-corrected chi connectivity index (χ3v) is 14.7. The normalized spacial score (nSPS) is 16.0. The quantitative estimate of drug-likeness (QED) is 0.168. The van der Waals surface area contributed by atoms with Crippen LogP contribution < -0.4 is 4.90 Å². The predicted molar refractivity (Wildman–Crippen MR) is 259 cm³/mol. The molecule has 9 aromatic carbocycles. The summed E-state index contributed by atoms with van der Waals surface area (Å²) in [5, 5.41) is 5.12. The van der Waals surface area contributed by atoms with Crippen LogP contribution in [-0.2, 0) is 5.41 Å². The van der Waals surface area contributed by atoms with Crippen molar-refractivity contribution in [1.29, 1.82) is 0 Å². The molecule has 1 spiro atoms. The maximum absolute atomic E-state index is 2.53. The van der Waals surface area contributed by atoms with E-state index in [1.165, 1.54) is 97.7 Å². The highest BCUT2D eigenvalue weighted by molar-refractivity contribution is 7.25. The van der Waals surface area contributed by atoms with E-state index in [0.29, 0.717) is 0 Å². The van der Waals surface area contributed by atoms with Crippen LogP contribution in [0.2, 0.25) is 0 Å². The maximum Gasteiger partial charge on any atom is 0.0722 e. The molecule has 286 valence electrons. The summed E-state index contributed by atoms with van der Waals surface area (Å²) in [4.78, 5) is 2.51. The summed E-state index contributed by atoms with van der Waals surface area (Å²) in [5.74, 6) is 0. The second-order valence-corrected chi connectivity index (χ2v) is 17.7. The van der Waals surface area contributed by atoms with Crippen molar-refractivity contribution in [3.8, 4) is 33.4 Å². The Morgan fingerprint density at radius 2 is 1.11 bits per heavy atom. The Labute approximate surface area is 359 Å². The second-order valence-electron chi connectivity index (χ2n) is 16.6. The molecule has 1 nitrogen and oxygen atoms in total. The highest BCUT2D eigenvalue weighted by Crippen LogP contribution is 2.64. The molecule has 0 amide bonds. The Morgan fingerprint density at radius 1 is 0.443 bits per heavy atom. The van der Waals surface area contributed by atoms with Gasteiger partial charge in [0.2, 0.25) is 0 Å². The minimum Gasteiger partial charge on any atom is -0.310 e. The molecule has 3 aliphatic carbocycles. The van der Waals surface area contributed by atoms with E-state index in [4.69, 9.17) is 0 Å². The molecule has 0 fully saturated rings. The van der Waals surface area contributed by atoms with Crippen LogP contribution in [-0.4, -0.2) is 0 Å². The fourth-order valence-electron chi connectivity index (χ4n) is 11.0. The van der Waals surface area contributed by atoms with Gasteiger partial charge in [-0.3, -0.25) is 0 Å². The van der Waals surface area contributed by atoms with Gasteiger partial charge >= 0.3 is 0 Å². The van der Waals surface area contributed by atoms with Crippen molar-refractivity contribution in [3.63, 3.8) is 0 Å². The lowest BCUT2D eigenvalue weighted by Gasteiger charge is -2.34. The molecule has 1 unspecified atom stereocenters. The van der Waals surface area contributed by atoms with Gasteiger partial charge < -0.3 is 4.90 Å². The van der Waals surface area contributed by atoms with Crippen LogP contribution >= 0.6 is 11.3 Å². The Hall–Kier alpha value is -7.26. The van der Waals surface area contributed by atoms with E-state index < -0.39 is 5.41 Å². The van der Waals surface area contributed by atoms with Crippen LogP contribution in [0.3, 0.4) is 0 Å². The number of anilines is 3. The SMILES string of the molecule is C1=CC2=C(CC1)c1ccccc1C21c2ccccc2-c2ccc(N(c3ccc(-c4ccc5c(c4)sc4ccccc45)cc3)c3ccc4ccccc4c3-c3ccccc3)cc21. The van der Waals surface area contributed by atoms with E-state index in [2.05, 4.69) is 217 Å². The van der Waals surface area contributed by atoms with Crippen molar-refractivity contribution in [2.45, 2.75) is 18.3 Å². The number of fused-ring (bicyclic) bond motifs is 13. The first-order valence-electron chi connectivity index (χ1n) is 21.4. The summed E-state index contributed by atoms with van der Waals surface area (Å²) in [6.45, 7) is 0. The Balaban J connectivity index is 1.04. The molecule has 0 bridgehead atoms. The van der Waals surface area contributed by atoms with Gasteiger partial charge in [-0.1, -0.05) is 170 Å². The van der Waals surface area contributed by atoms with Gasteiger partial charge in [0.25, 0.3) is 0 Å². The fraction of sp³-hybridized carbons (Fsp3) is 0.0508. The molecule has 61 heavy (non-hydrogen) atoms. The molecule has 3 aliphatic rings. The van der Waals surface area contributed by atoms with E-state index >= 15 is 0 Å². The van der Waals surface area contributed by atoms with Crippen molar-refractivity contribution in [3.05, 3.63) is 240 Å². The van der Waals surface area contributed by atoms with Crippen LogP contribution in [0, 0.1) is 0 Å². The molecule has 1 heterocycles. The van der Waals surface area contributed by atoms with Gasteiger partial charge in [-0.2, -0.15) is 0 Å². The van der Waals surface area contributed by atoms with Gasteiger partial charge in [-0.05, 0) is 127 Å². The first-order valence-corrected chi connectivity index (χ1v) is 22.2. The van der Waals surface area contributed by atoms with Crippen LogP contribution in [0.25, 0.3) is 69.9 Å². The number of hydrogen-bond donors (Lipinski definition) is 0. The van der Waals surface area contributed by atoms with Crippen LogP contribution in [0.4, 0.5) is 17.1 Å². The lowest BCUT2D eigenvalue weighted by molar-refractivity contribution is 0.780. The third kappa shape index (κ3) is 5.00. The number of hydrogen-bond acceptors (Lipinski definition) is 2. The van der Waals surface area contributed by atoms with Gasteiger partial charge in [0.15, 0.2) is 0 Å². The lowest BCUT2D eigenvalue weighted by atomic mass is 9.69. The van der Waals surface area contributed by atoms with Gasteiger partial charge in [0.05, 0.1) is 11.1 Å². The summed E-state index contributed by atoms with van der Waals surface area (Å²) in [7, 11) is 0. The summed E-state index contributed by atoms with van der Waals surface area (Å²) in [5.41, 5.74) is 19.0. The number of rotatable bonds is 5. The molecule has 0 saturated heterocycles. The fourth-order valence-corrected chi connectivity index (χ4v) is 12.1. The molecular weight excluding hydrogens is 755 g/mol. The van der Waals surface area contributed by atoms with Gasteiger partial charge in [-0.25, -0.2) is 0 Å². The number of allylic oxidation sites excluding steroid dienone is 4. The smallest absolute Gasteiger partial charge is 0.0722 e. The van der Waals surface area contributed by atoms with Crippen molar-refractivity contribution in [2.24, 2.45) is 0 Å². The minimum absolute atomic E-state index is 0.392. The summed E-state index contributed by atoms with van der Waals surface area (Å²) in [6.07, 6.45) is 6.97. The zero-order valence-corrected chi connectivity index (χ0v) is 34.3. The standard InChI is InChI=1S/C59H39NS/c1-2-15-40(16-3-1)58-44-17-5-4-14-39(44)29-35-55(58)60(42-30-26-38(27-31-42)41-28-33-50-49-21-9-13-25-56(49)61-57(50)36-41)43-32-34-48-47-20-8-12-24-53(47)59(54(48)37-43)51-22-10-6-18-45(51)46-19-7-11-23-52(46)59/h1-6,8-18,20-37H,7,19H2. The summed E-state index contributed by atoms with van der Waals surface area (Å²) < 4.78 is 2.65. The zero-order chi connectivity index (χ0) is 40.1. The molecule has 13 rings (SSSR count). The molecule has 0 radical (unpaired) electrons. The molecular formula is C59H39NS. The lowest BCUT2D eigenvalue weighted by Crippen LogP contribution is -2.27. The number of benzene rings is 9. The zero-order valence-electron chi connectivity index (χ0n) is 33.5. The van der Waals surface area contributed by atoms with E-state index in [9.17, 15) is 0 Å². The average Bonchev–Trinajstić information content (AvgIpc) is 3.96. The number of thiophene rings is 1. The monoisotopic (exact) mass is 793 g/mol. The largest absolute Gasteiger partial charge is 0.310 e. The van der Waals surface area contributed by atoms with Crippen LogP contribution in [0.15, 0.2) is 218 Å². The van der Waals surface area contributed by atoms with E-state index in [1.54, 1.807) is 0 Å². The molecule has 0 aliphatic heterocycles. The second kappa shape index (κ2) is 13.4. The molecule has 1 atom stereocenters. The minimum atomic E-state index is -0.392. The van der Waals surface area contributed by atoms with Crippen molar-refractivity contribution < 1.29 is 0 Å². The Kier molecular flexibility index (Phi) is 7.58. The topological polar surface area (TPSA) is 3.24 Å². The van der Waals surface area contributed by atoms with E-state index in [0.717, 1.165) is 29.9 Å². The van der Waals surface area contributed by atoms with Gasteiger partial charge in [0, 0.05) is 37.1 Å². The molecule has 2 heteroatoms. The molecule has 0 N–H and O–H groups in total. The summed E-state index contributed by atoms with van der Waals surface area (Å²) in [6, 6.07) is 75.0. The number of nitrogens with zero attached hydrogens (tertiary/aromatic N) is 1. The maximum atomic E-state index is 2.53. The highest BCUT2D eigenvalue weighted by atomic mass is 32.1. The Bertz CT molecular complexity index is 3480. The molecule has 1 aromatic heterocycles. The predicted octanol–water partition coefficient (Wildman–Crippen LogP) is 16.4. The van der Waals surface area contributed by atoms with Crippen molar-refractivity contribution >= 4 is 64.9 Å². The Morgan fingerprint density at radius 3 is 1.98 bits per heavy atom. The third-order valence-electron chi connectivity index (χ3n) is 13.6. The summed E-state index contributed by atoms with van der Waals surface area (Å²) >= 11 is 1.87. The van der Waals surface area contributed by atoms with Crippen LogP contribution in [0.5, 0.6) is 0 Å². The van der Waals surface area contributed by atoms with Crippen molar-refractivity contribution in [1.82, 2.24) is 0 Å². The molecule has 10 aromatic rings. The first-order chi connectivity index (χ1) is 30.3. The van der Waals surface area contributed by atoms with Crippen molar-refractivity contribution in [2.75, 3.05) is 4.90 Å².